The summed E-state index contributed by atoms with van der Waals surface area (Å²) in [5, 5.41) is 33.9. The molecule has 0 bridgehead atoms. The van der Waals surface area contributed by atoms with E-state index in [9.17, 15) is 24.0 Å². The van der Waals surface area contributed by atoms with E-state index in [2.05, 4.69) is 28.6 Å². The standard InChI is InChI=1S/C19H26N4O8S/c20-11(8-24)16(27)21-13(7-15(25)26)18(29)22-12(6-10-4-2-1-3-5-10)17(28)23-14(9-32)19(30)31/h1-5,11-14,24,32H,6-9,20H2,(H,21,27)(H,22,29)(H,23,28)(H,25,26)(H,30,31). The second kappa shape index (κ2) is 13.3. The molecule has 0 fully saturated rings. The molecule has 4 unspecified atom stereocenters. The monoisotopic (exact) mass is 470 g/mol. The minimum atomic E-state index is -1.59. The fourth-order valence-corrected chi connectivity index (χ4v) is 2.78. The van der Waals surface area contributed by atoms with Crippen LogP contribution in [0.25, 0.3) is 0 Å². The van der Waals surface area contributed by atoms with Gasteiger partial charge in [-0.25, -0.2) is 4.79 Å². The van der Waals surface area contributed by atoms with E-state index in [0.29, 0.717) is 5.56 Å². The third kappa shape index (κ3) is 8.91. The van der Waals surface area contributed by atoms with Gasteiger partial charge in [-0.2, -0.15) is 12.6 Å². The molecule has 1 aromatic carbocycles. The van der Waals surface area contributed by atoms with Crippen molar-refractivity contribution in [3.63, 3.8) is 0 Å². The lowest BCUT2D eigenvalue weighted by molar-refractivity contribution is -0.142. The summed E-state index contributed by atoms with van der Waals surface area (Å²) in [6.45, 7) is -0.730. The van der Waals surface area contributed by atoms with Crippen molar-refractivity contribution in [3.8, 4) is 0 Å². The number of carboxylic acids is 2. The Balaban J connectivity index is 3.08. The van der Waals surface area contributed by atoms with Crippen molar-refractivity contribution in [2.24, 2.45) is 5.73 Å². The summed E-state index contributed by atoms with van der Waals surface area (Å²) >= 11 is 3.88. The van der Waals surface area contributed by atoms with Gasteiger partial charge in [-0.05, 0) is 5.56 Å². The van der Waals surface area contributed by atoms with Crippen LogP contribution in [0.5, 0.6) is 0 Å². The molecule has 0 aliphatic carbocycles. The van der Waals surface area contributed by atoms with E-state index in [-0.39, 0.29) is 12.2 Å². The first kappa shape index (κ1) is 26.9. The maximum atomic E-state index is 12.7. The van der Waals surface area contributed by atoms with Crippen molar-refractivity contribution < 1.29 is 39.3 Å². The van der Waals surface area contributed by atoms with Crippen molar-refractivity contribution >= 4 is 42.3 Å². The Kier molecular flexibility index (Phi) is 11.2. The zero-order valence-electron chi connectivity index (χ0n) is 16.9. The predicted molar refractivity (Wildman–Crippen MR) is 115 cm³/mol. The molecule has 0 radical (unpaired) electrons. The summed E-state index contributed by atoms with van der Waals surface area (Å²) in [5.74, 6) is -5.74. The second-order valence-corrected chi connectivity index (χ2v) is 7.15. The van der Waals surface area contributed by atoms with Crippen LogP contribution in [0.3, 0.4) is 0 Å². The highest BCUT2D eigenvalue weighted by Gasteiger charge is 2.31. The molecule has 3 amide bonds. The summed E-state index contributed by atoms with van der Waals surface area (Å²) in [7, 11) is 0. The number of aliphatic hydroxyl groups excluding tert-OH is 1. The van der Waals surface area contributed by atoms with Gasteiger partial charge in [0.2, 0.25) is 17.7 Å². The number of hydrogen-bond donors (Lipinski definition) is 8. The molecule has 0 aromatic heterocycles. The fraction of sp³-hybridized carbons (Fsp3) is 0.421. The number of hydrogen-bond acceptors (Lipinski definition) is 8. The van der Waals surface area contributed by atoms with E-state index in [0.717, 1.165) is 0 Å². The van der Waals surface area contributed by atoms with E-state index in [1.165, 1.54) is 0 Å². The smallest absolute Gasteiger partial charge is 0.327 e. The molecule has 1 rings (SSSR count). The van der Waals surface area contributed by atoms with Gasteiger partial charge in [0.1, 0.15) is 24.2 Å². The molecule has 0 saturated carbocycles. The first-order chi connectivity index (χ1) is 15.1. The van der Waals surface area contributed by atoms with Crippen molar-refractivity contribution in [1.29, 1.82) is 0 Å². The zero-order valence-corrected chi connectivity index (χ0v) is 17.8. The lowest BCUT2D eigenvalue weighted by Gasteiger charge is -2.24. The van der Waals surface area contributed by atoms with Gasteiger partial charge in [0.15, 0.2) is 0 Å². The highest BCUT2D eigenvalue weighted by atomic mass is 32.1. The number of carboxylic acid groups (broad SMARTS) is 2. The maximum Gasteiger partial charge on any atom is 0.327 e. The molecule has 0 aliphatic rings. The van der Waals surface area contributed by atoms with Crippen LogP contribution in [-0.2, 0) is 30.4 Å². The molecule has 8 N–H and O–H groups in total. The molecule has 12 nitrogen and oxygen atoms in total. The Morgan fingerprint density at radius 2 is 1.41 bits per heavy atom. The van der Waals surface area contributed by atoms with Gasteiger partial charge in [0, 0.05) is 12.2 Å². The van der Waals surface area contributed by atoms with Gasteiger partial charge in [0.05, 0.1) is 13.0 Å². The minimum absolute atomic E-state index is 0.0405. The second-order valence-electron chi connectivity index (χ2n) is 6.78. The average Bonchev–Trinajstić information content (AvgIpc) is 2.75. The van der Waals surface area contributed by atoms with Gasteiger partial charge in [-0.15, -0.1) is 0 Å². The number of aliphatic carboxylic acids is 2. The number of aliphatic hydroxyl groups is 1. The summed E-state index contributed by atoms with van der Waals surface area (Å²) in [6.07, 6.45) is -0.856. The molecule has 32 heavy (non-hydrogen) atoms. The normalized spacial score (nSPS) is 14.3. The van der Waals surface area contributed by atoms with E-state index in [4.69, 9.17) is 21.1 Å². The number of benzene rings is 1. The molecule has 0 saturated heterocycles. The first-order valence-electron chi connectivity index (χ1n) is 9.46. The van der Waals surface area contributed by atoms with E-state index in [1.54, 1.807) is 30.3 Å². The van der Waals surface area contributed by atoms with Crippen molar-refractivity contribution in [2.45, 2.75) is 37.0 Å². The minimum Gasteiger partial charge on any atom is -0.481 e. The zero-order chi connectivity index (χ0) is 24.3. The third-order valence-corrected chi connectivity index (χ3v) is 4.62. The number of amides is 3. The maximum absolute atomic E-state index is 12.7. The molecule has 176 valence electrons. The molecular weight excluding hydrogens is 444 g/mol. The van der Waals surface area contributed by atoms with Crippen LogP contribution >= 0.6 is 12.6 Å². The van der Waals surface area contributed by atoms with Crippen LogP contribution in [0.2, 0.25) is 0 Å². The number of thiol groups is 1. The fourth-order valence-electron chi connectivity index (χ4n) is 2.53. The molecule has 0 spiro atoms. The quantitative estimate of drug-likeness (QED) is 0.143. The van der Waals surface area contributed by atoms with Crippen LogP contribution in [-0.4, -0.2) is 81.5 Å². The highest BCUT2D eigenvalue weighted by Crippen LogP contribution is 2.06. The van der Waals surface area contributed by atoms with Gasteiger partial charge >= 0.3 is 11.9 Å². The SMILES string of the molecule is NC(CO)C(=O)NC(CC(=O)O)C(=O)NC(Cc1ccccc1)C(=O)NC(CS)C(=O)O. The van der Waals surface area contributed by atoms with E-state index >= 15 is 0 Å². The molecule has 1 aromatic rings. The van der Waals surface area contributed by atoms with Crippen LogP contribution in [0, 0.1) is 0 Å². The topological polar surface area (TPSA) is 208 Å². The summed E-state index contributed by atoms with van der Waals surface area (Å²) in [5.41, 5.74) is 6.01. The van der Waals surface area contributed by atoms with Gasteiger partial charge in [-0.1, -0.05) is 30.3 Å². The third-order valence-electron chi connectivity index (χ3n) is 4.26. The summed E-state index contributed by atoms with van der Waals surface area (Å²) in [4.78, 5) is 59.7. The van der Waals surface area contributed by atoms with Crippen molar-refractivity contribution in [3.05, 3.63) is 35.9 Å². The number of nitrogens with one attached hydrogen (secondary N) is 3. The van der Waals surface area contributed by atoms with E-state index < -0.39 is 66.9 Å². The summed E-state index contributed by atoms with van der Waals surface area (Å²) < 4.78 is 0. The van der Waals surface area contributed by atoms with Crippen LogP contribution in [0.1, 0.15) is 12.0 Å². The Morgan fingerprint density at radius 3 is 1.91 bits per heavy atom. The number of carbonyl (C=O) groups excluding carboxylic acids is 3. The lowest BCUT2D eigenvalue weighted by atomic mass is 10.0. The largest absolute Gasteiger partial charge is 0.481 e. The van der Waals surface area contributed by atoms with E-state index in [1.807, 2.05) is 0 Å². The van der Waals surface area contributed by atoms with Gasteiger partial charge in [-0.3, -0.25) is 19.2 Å². The van der Waals surface area contributed by atoms with Crippen LogP contribution in [0.15, 0.2) is 30.3 Å². The Morgan fingerprint density at radius 1 is 0.875 bits per heavy atom. The number of nitrogens with two attached hydrogens (primary N) is 1. The molecular formula is C19H26N4O8S. The summed E-state index contributed by atoms with van der Waals surface area (Å²) in [6, 6.07) is 2.91. The molecule has 0 heterocycles. The highest BCUT2D eigenvalue weighted by molar-refractivity contribution is 7.80. The number of rotatable bonds is 13. The lowest BCUT2D eigenvalue weighted by Crippen LogP contribution is -2.58. The predicted octanol–water partition coefficient (Wildman–Crippen LogP) is -2.51. The molecule has 4 atom stereocenters. The van der Waals surface area contributed by atoms with Gasteiger partial charge in [0.25, 0.3) is 0 Å². The Hall–Kier alpha value is -3.16. The van der Waals surface area contributed by atoms with Crippen molar-refractivity contribution in [2.75, 3.05) is 12.4 Å². The Bertz CT molecular complexity index is 823. The van der Waals surface area contributed by atoms with Crippen LogP contribution in [0.4, 0.5) is 0 Å². The molecule has 13 heteroatoms. The Labute approximate surface area is 189 Å². The number of carbonyl (C=O) groups is 5. The van der Waals surface area contributed by atoms with Crippen molar-refractivity contribution in [1.82, 2.24) is 16.0 Å². The molecule has 0 aliphatic heterocycles. The van der Waals surface area contributed by atoms with Crippen LogP contribution < -0.4 is 21.7 Å². The average molecular weight is 471 g/mol. The first-order valence-corrected chi connectivity index (χ1v) is 10.1. The van der Waals surface area contributed by atoms with Gasteiger partial charge < -0.3 is 37.0 Å².